The van der Waals surface area contributed by atoms with Gasteiger partial charge in [-0.1, -0.05) is 83.6 Å². The summed E-state index contributed by atoms with van der Waals surface area (Å²) in [6, 6.07) is 15.9. The van der Waals surface area contributed by atoms with Gasteiger partial charge < -0.3 is 29.6 Å². The van der Waals surface area contributed by atoms with Gasteiger partial charge in [0.25, 0.3) is 0 Å². The summed E-state index contributed by atoms with van der Waals surface area (Å²) >= 11 is 0. The van der Waals surface area contributed by atoms with Crippen LogP contribution in [0.5, 0.6) is 0 Å². The Bertz CT molecular complexity index is 879. The molecule has 6 heteroatoms. The van der Waals surface area contributed by atoms with Gasteiger partial charge in [-0.05, 0) is 55.3 Å². The normalized spacial score (nSPS) is 17.3. The molecule has 0 radical (unpaired) electrons. The standard InChI is InChI=1S/C26H36NOP.2ClH.Pd/c1-17(2)22-16-28-25(27-22)26(6,7)24(21-12-10-9-11-13-21)29(8)23-19(4)14-18(3)15-20(23)5;;;/h9-15,17,22,24H,16H2,1-8H3;2*1H;/q;;;+2/p-2/t22-,24-,29+;;;/m1.../s1. The minimum absolute atomic E-state index is 0. The summed E-state index contributed by atoms with van der Waals surface area (Å²) in [5.74, 6) is 1.44. The molecule has 32 heavy (non-hydrogen) atoms. The number of hydrogen-bond donors (Lipinski definition) is 0. The van der Waals surface area contributed by atoms with Crippen LogP contribution in [0.1, 0.15) is 55.6 Å². The first-order valence-electron chi connectivity index (χ1n) is 10.7. The van der Waals surface area contributed by atoms with E-state index in [0.29, 0.717) is 18.2 Å². The van der Waals surface area contributed by atoms with Crippen LogP contribution in [0.4, 0.5) is 0 Å². The van der Waals surface area contributed by atoms with Crippen LogP contribution in [-0.4, -0.2) is 25.2 Å². The van der Waals surface area contributed by atoms with Gasteiger partial charge in [-0.2, -0.15) is 0 Å². The van der Waals surface area contributed by atoms with E-state index in [4.69, 9.17) is 9.73 Å². The Morgan fingerprint density at radius 3 is 2.00 bits per heavy atom. The van der Waals surface area contributed by atoms with Gasteiger partial charge in [0.05, 0.1) is 11.5 Å². The molecule has 1 aliphatic rings. The van der Waals surface area contributed by atoms with E-state index in [1.807, 2.05) is 0 Å². The molecule has 0 amide bonds. The summed E-state index contributed by atoms with van der Waals surface area (Å²) in [5.41, 5.74) is 5.69. The summed E-state index contributed by atoms with van der Waals surface area (Å²) in [6.07, 6.45) is 0. The first kappa shape index (κ1) is 31.6. The second kappa shape index (κ2) is 12.9. The third kappa shape index (κ3) is 6.58. The Labute approximate surface area is 222 Å². The number of halogens is 2. The van der Waals surface area contributed by atoms with Crippen LogP contribution in [-0.2, 0) is 25.2 Å². The van der Waals surface area contributed by atoms with Gasteiger partial charge in [-0.25, -0.2) is 4.99 Å². The van der Waals surface area contributed by atoms with Crippen molar-refractivity contribution in [2.24, 2.45) is 16.3 Å². The molecule has 1 aliphatic heterocycles. The molecule has 3 atom stereocenters. The topological polar surface area (TPSA) is 21.6 Å². The molecule has 2 nitrogen and oxygen atoms in total. The number of hydrogen-bond acceptors (Lipinski definition) is 2. The molecule has 2 aromatic carbocycles. The van der Waals surface area contributed by atoms with Gasteiger partial charge in [0.1, 0.15) is 6.61 Å². The van der Waals surface area contributed by atoms with Crippen LogP contribution in [0.3, 0.4) is 0 Å². The summed E-state index contributed by atoms with van der Waals surface area (Å²) in [4.78, 5) is 5.05. The maximum absolute atomic E-state index is 6.22. The molecule has 2 aromatic rings. The average molecular weight is 587 g/mol. The van der Waals surface area contributed by atoms with E-state index < -0.39 is 7.92 Å². The largest absolute Gasteiger partial charge is 2.00 e. The molecule has 0 bridgehead atoms. The number of nitrogens with zero attached hydrogens (tertiary/aromatic N) is 1. The van der Waals surface area contributed by atoms with Crippen molar-refractivity contribution in [1.29, 1.82) is 0 Å². The number of aliphatic imine (C=N–C) groups is 1. The maximum Gasteiger partial charge on any atom is 2.00 e. The number of benzene rings is 2. The number of aryl methyl sites for hydroxylation is 3. The zero-order valence-corrected chi connectivity index (χ0v) is 24.3. The van der Waals surface area contributed by atoms with Crippen molar-refractivity contribution < 1.29 is 50.0 Å². The van der Waals surface area contributed by atoms with Crippen molar-refractivity contribution in [3.63, 3.8) is 0 Å². The monoisotopic (exact) mass is 585 g/mol. The molecule has 0 saturated carbocycles. The van der Waals surface area contributed by atoms with Crippen molar-refractivity contribution in [2.45, 2.75) is 60.2 Å². The molecular formula is C26H36Cl2NOPPd. The van der Waals surface area contributed by atoms with E-state index in [1.54, 1.807) is 0 Å². The third-order valence-corrected chi connectivity index (χ3v) is 9.30. The van der Waals surface area contributed by atoms with Crippen LogP contribution in [0.2, 0.25) is 0 Å². The van der Waals surface area contributed by atoms with E-state index in [2.05, 4.69) is 97.6 Å². The predicted octanol–water partition coefficient (Wildman–Crippen LogP) is 0.575. The quantitative estimate of drug-likeness (QED) is 0.359. The Kier molecular flexibility index (Phi) is 12.7. The first-order valence-corrected chi connectivity index (χ1v) is 12.6. The second-order valence-electron chi connectivity index (χ2n) is 9.45. The Balaban J connectivity index is 0.00000320. The van der Waals surface area contributed by atoms with Crippen molar-refractivity contribution in [3.05, 3.63) is 64.7 Å². The third-order valence-electron chi connectivity index (χ3n) is 6.17. The van der Waals surface area contributed by atoms with Gasteiger partial charge in [0, 0.05) is 5.66 Å². The number of ether oxygens (including phenoxy) is 1. The van der Waals surface area contributed by atoms with E-state index in [0.717, 1.165) is 5.90 Å². The van der Waals surface area contributed by atoms with Crippen molar-refractivity contribution >= 4 is 19.1 Å². The molecule has 0 aromatic heterocycles. The van der Waals surface area contributed by atoms with Crippen LogP contribution >= 0.6 is 7.92 Å². The molecule has 1 heterocycles. The fraction of sp³-hybridized carbons (Fsp3) is 0.500. The fourth-order valence-electron chi connectivity index (χ4n) is 4.82. The van der Waals surface area contributed by atoms with E-state index in [-0.39, 0.29) is 56.7 Å². The molecule has 3 rings (SSSR count). The van der Waals surface area contributed by atoms with Crippen molar-refractivity contribution in [2.75, 3.05) is 13.3 Å². The van der Waals surface area contributed by atoms with E-state index in [9.17, 15) is 0 Å². The number of rotatable bonds is 6. The fourth-order valence-corrected chi connectivity index (χ4v) is 8.02. The smallest absolute Gasteiger partial charge is 1.00 e. The van der Waals surface area contributed by atoms with Gasteiger partial charge in [-0.3, -0.25) is 0 Å². The van der Waals surface area contributed by atoms with Gasteiger partial charge in [0.15, 0.2) is 5.90 Å². The van der Waals surface area contributed by atoms with Crippen molar-refractivity contribution in [1.82, 2.24) is 0 Å². The predicted molar refractivity (Wildman–Crippen MR) is 128 cm³/mol. The zero-order valence-electron chi connectivity index (χ0n) is 20.4. The zero-order chi connectivity index (χ0) is 21.3. The maximum atomic E-state index is 6.22. The first-order chi connectivity index (χ1) is 13.6. The summed E-state index contributed by atoms with van der Waals surface area (Å²) in [5, 5.41) is 1.52. The molecule has 0 N–H and O–H groups in total. The summed E-state index contributed by atoms with van der Waals surface area (Å²) in [7, 11) is -0.464. The summed E-state index contributed by atoms with van der Waals surface area (Å²) < 4.78 is 6.22. The summed E-state index contributed by atoms with van der Waals surface area (Å²) in [6.45, 7) is 19.0. The Hall–Kier alpha value is -0.418. The molecule has 0 aliphatic carbocycles. The van der Waals surface area contributed by atoms with E-state index in [1.165, 1.54) is 27.6 Å². The molecule has 0 fully saturated rings. The SMILES string of the molecule is Cc1cc(C)c([P@](C)[C@H](c2ccccc2)C(C)(C)C2=N[C@@H](C(C)C)CO2)c(C)c1.[Cl-].[Cl-].[Pd+2]. The van der Waals surface area contributed by atoms with Crippen LogP contribution in [0.25, 0.3) is 0 Å². The van der Waals surface area contributed by atoms with Gasteiger partial charge in [-0.15, -0.1) is 0 Å². The van der Waals surface area contributed by atoms with Gasteiger partial charge >= 0.3 is 20.4 Å². The van der Waals surface area contributed by atoms with Crippen LogP contribution in [0, 0.1) is 32.1 Å². The molecule has 0 unspecified atom stereocenters. The molecule has 180 valence electrons. The second-order valence-corrected chi connectivity index (χ2v) is 11.6. The molecular weight excluding hydrogens is 551 g/mol. The molecule has 0 saturated heterocycles. The minimum atomic E-state index is -0.464. The van der Waals surface area contributed by atoms with Crippen molar-refractivity contribution in [3.8, 4) is 0 Å². The average Bonchev–Trinajstić information content (AvgIpc) is 3.13. The Morgan fingerprint density at radius 1 is 1.00 bits per heavy atom. The van der Waals surface area contributed by atoms with Gasteiger partial charge in [0.2, 0.25) is 0 Å². The van der Waals surface area contributed by atoms with E-state index >= 15 is 0 Å². The molecule has 0 spiro atoms. The van der Waals surface area contributed by atoms with Crippen LogP contribution < -0.4 is 30.1 Å². The minimum Gasteiger partial charge on any atom is -1.00 e. The Morgan fingerprint density at radius 2 is 1.53 bits per heavy atom. The van der Waals surface area contributed by atoms with Crippen LogP contribution in [0.15, 0.2) is 47.5 Å².